The van der Waals surface area contributed by atoms with Crippen LogP contribution in [0.25, 0.3) is 0 Å². The zero-order chi connectivity index (χ0) is 20.9. The van der Waals surface area contributed by atoms with Crippen LogP contribution in [-0.4, -0.2) is 42.7 Å². The van der Waals surface area contributed by atoms with Gasteiger partial charge in [0.15, 0.2) is 0 Å². The van der Waals surface area contributed by atoms with Gasteiger partial charge < -0.3 is 14.2 Å². The summed E-state index contributed by atoms with van der Waals surface area (Å²) in [6.07, 6.45) is 0.391. The Labute approximate surface area is 173 Å². The van der Waals surface area contributed by atoms with Crippen molar-refractivity contribution < 1.29 is 19.0 Å². The van der Waals surface area contributed by atoms with E-state index in [-0.39, 0.29) is 12.1 Å². The van der Waals surface area contributed by atoms with Gasteiger partial charge in [0.25, 0.3) is 0 Å². The number of carbonyl (C=O) groups excluding carboxylic acids is 1. The van der Waals surface area contributed by atoms with Crippen molar-refractivity contribution in [3.8, 4) is 11.5 Å². The van der Waals surface area contributed by atoms with E-state index in [9.17, 15) is 4.79 Å². The molecule has 5 heteroatoms. The Morgan fingerprint density at radius 3 is 2.55 bits per heavy atom. The van der Waals surface area contributed by atoms with Gasteiger partial charge in [-0.05, 0) is 57.0 Å². The molecular weight excluding hydrogens is 366 g/mol. The quantitative estimate of drug-likeness (QED) is 0.650. The molecule has 2 aromatic carbocycles. The number of ether oxygens (including phenoxy) is 3. The Balaban J connectivity index is 1.54. The lowest BCUT2D eigenvalue weighted by atomic mass is 10.1. The van der Waals surface area contributed by atoms with Crippen LogP contribution < -0.4 is 4.74 Å². The molecule has 0 radical (unpaired) electrons. The predicted molar refractivity (Wildman–Crippen MR) is 113 cm³/mol. The zero-order valence-corrected chi connectivity index (χ0v) is 17.8. The van der Waals surface area contributed by atoms with Crippen molar-refractivity contribution >= 4 is 5.97 Å². The molecule has 5 nitrogen and oxygen atoms in total. The zero-order valence-electron chi connectivity index (χ0n) is 17.8. The van der Waals surface area contributed by atoms with Crippen LogP contribution in [0.1, 0.15) is 44.4 Å². The molecule has 156 valence electrons. The molecule has 1 saturated heterocycles. The lowest BCUT2D eigenvalue weighted by Gasteiger charge is -2.33. The summed E-state index contributed by atoms with van der Waals surface area (Å²) in [4.78, 5) is 14.2. The van der Waals surface area contributed by atoms with Crippen molar-refractivity contribution in [2.75, 3.05) is 26.2 Å². The molecule has 1 heterocycles. The van der Waals surface area contributed by atoms with Crippen LogP contribution in [0.2, 0.25) is 0 Å². The maximum atomic E-state index is 12.0. The number of nitrogens with zero attached hydrogens (tertiary/aromatic N) is 1. The SMILES string of the molecule is Cc1ccccc1Oc1ccc(C2CN(CCC(=O)OC(C)(C)C)CCO2)cc1. The summed E-state index contributed by atoms with van der Waals surface area (Å²) in [5.74, 6) is 1.52. The van der Waals surface area contributed by atoms with Gasteiger partial charge >= 0.3 is 5.97 Å². The molecule has 3 rings (SSSR count). The number of carbonyl (C=O) groups is 1. The van der Waals surface area contributed by atoms with E-state index in [1.54, 1.807) is 0 Å². The second-order valence-corrected chi connectivity index (χ2v) is 8.43. The summed E-state index contributed by atoms with van der Waals surface area (Å²) in [6.45, 7) is 10.6. The van der Waals surface area contributed by atoms with E-state index in [1.165, 1.54) is 0 Å². The molecule has 0 N–H and O–H groups in total. The Kier molecular flexibility index (Phi) is 6.93. The summed E-state index contributed by atoms with van der Waals surface area (Å²) in [5.41, 5.74) is 1.78. The third-order valence-corrected chi connectivity index (χ3v) is 4.78. The van der Waals surface area contributed by atoms with Gasteiger partial charge in [0, 0.05) is 19.6 Å². The highest BCUT2D eigenvalue weighted by molar-refractivity contribution is 5.70. The van der Waals surface area contributed by atoms with Crippen molar-refractivity contribution in [1.82, 2.24) is 4.90 Å². The first kappa shape index (κ1) is 21.3. The van der Waals surface area contributed by atoms with Gasteiger partial charge in [-0.3, -0.25) is 9.69 Å². The van der Waals surface area contributed by atoms with E-state index in [2.05, 4.69) is 17.0 Å². The van der Waals surface area contributed by atoms with Crippen LogP contribution in [0.15, 0.2) is 48.5 Å². The van der Waals surface area contributed by atoms with Gasteiger partial charge in [-0.1, -0.05) is 30.3 Å². The highest BCUT2D eigenvalue weighted by Gasteiger charge is 2.23. The molecule has 1 fully saturated rings. The van der Waals surface area contributed by atoms with E-state index in [0.29, 0.717) is 19.6 Å². The second kappa shape index (κ2) is 9.42. The molecule has 1 unspecified atom stereocenters. The topological polar surface area (TPSA) is 48.0 Å². The van der Waals surface area contributed by atoms with E-state index >= 15 is 0 Å². The lowest BCUT2D eigenvalue weighted by Crippen LogP contribution is -2.39. The number of aryl methyl sites for hydroxylation is 1. The third kappa shape index (κ3) is 6.58. The lowest BCUT2D eigenvalue weighted by molar-refractivity contribution is -0.155. The van der Waals surface area contributed by atoms with Crippen LogP contribution in [0.4, 0.5) is 0 Å². The van der Waals surface area contributed by atoms with Crippen molar-refractivity contribution in [2.24, 2.45) is 0 Å². The summed E-state index contributed by atoms with van der Waals surface area (Å²) in [6, 6.07) is 16.0. The first-order valence-electron chi connectivity index (χ1n) is 10.2. The van der Waals surface area contributed by atoms with Gasteiger partial charge in [0.05, 0.1) is 19.1 Å². The molecule has 1 atom stereocenters. The fourth-order valence-corrected chi connectivity index (χ4v) is 3.30. The Hall–Kier alpha value is -2.37. The first-order valence-corrected chi connectivity index (χ1v) is 10.2. The highest BCUT2D eigenvalue weighted by Crippen LogP contribution is 2.28. The van der Waals surface area contributed by atoms with Crippen molar-refractivity contribution in [3.63, 3.8) is 0 Å². The van der Waals surface area contributed by atoms with Gasteiger partial charge in [0.2, 0.25) is 0 Å². The number of hydrogen-bond acceptors (Lipinski definition) is 5. The Bertz CT molecular complexity index is 810. The van der Waals surface area contributed by atoms with E-state index in [1.807, 2.05) is 64.1 Å². The minimum atomic E-state index is -0.438. The van der Waals surface area contributed by atoms with Crippen molar-refractivity contribution in [3.05, 3.63) is 59.7 Å². The molecule has 29 heavy (non-hydrogen) atoms. The van der Waals surface area contributed by atoms with Crippen LogP contribution in [0, 0.1) is 6.92 Å². The fourth-order valence-electron chi connectivity index (χ4n) is 3.30. The van der Waals surface area contributed by atoms with Crippen molar-refractivity contribution in [1.29, 1.82) is 0 Å². The van der Waals surface area contributed by atoms with Gasteiger partial charge in [-0.2, -0.15) is 0 Å². The molecule has 0 aromatic heterocycles. The molecule has 0 amide bonds. The standard InChI is InChI=1S/C24H31NO4/c1-18-7-5-6-8-21(18)28-20-11-9-19(10-12-20)22-17-25(15-16-27-22)14-13-23(26)29-24(2,3)4/h5-12,22H,13-17H2,1-4H3. The average Bonchev–Trinajstić information content (AvgIpc) is 2.68. The molecule has 0 saturated carbocycles. The Morgan fingerprint density at radius 1 is 1.14 bits per heavy atom. The molecule has 0 aliphatic carbocycles. The summed E-state index contributed by atoms with van der Waals surface area (Å²) >= 11 is 0. The average molecular weight is 398 g/mol. The molecule has 1 aliphatic heterocycles. The maximum Gasteiger partial charge on any atom is 0.307 e. The first-order chi connectivity index (χ1) is 13.8. The predicted octanol–water partition coefficient (Wildman–Crippen LogP) is 4.89. The molecule has 1 aliphatic rings. The minimum Gasteiger partial charge on any atom is -0.460 e. The smallest absolute Gasteiger partial charge is 0.307 e. The molecule has 0 bridgehead atoms. The number of esters is 1. The second-order valence-electron chi connectivity index (χ2n) is 8.43. The number of hydrogen-bond donors (Lipinski definition) is 0. The summed E-state index contributed by atoms with van der Waals surface area (Å²) in [7, 11) is 0. The fraction of sp³-hybridized carbons (Fsp3) is 0.458. The number of para-hydroxylation sites is 1. The molecular formula is C24H31NO4. The summed E-state index contributed by atoms with van der Waals surface area (Å²) < 4.78 is 17.3. The van der Waals surface area contributed by atoms with Gasteiger partial charge in [-0.25, -0.2) is 0 Å². The Morgan fingerprint density at radius 2 is 1.86 bits per heavy atom. The van der Waals surface area contributed by atoms with E-state index in [4.69, 9.17) is 14.2 Å². The molecule has 0 spiro atoms. The van der Waals surface area contributed by atoms with Crippen LogP contribution in [0.5, 0.6) is 11.5 Å². The van der Waals surface area contributed by atoms with Crippen LogP contribution in [-0.2, 0) is 14.3 Å². The molecule has 2 aromatic rings. The number of morpholine rings is 1. The third-order valence-electron chi connectivity index (χ3n) is 4.78. The van der Waals surface area contributed by atoms with Crippen molar-refractivity contribution in [2.45, 2.75) is 45.8 Å². The number of benzene rings is 2. The normalized spacial score (nSPS) is 17.7. The van der Waals surface area contributed by atoms with Crippen LogP contribution >= 0.6 is 0 Å². The minimum absolute atomic E-state index is 0.00472. The van der Waals surface area contributed by atoms with Gasteiger partial charge in [0.1, 0.15) is 17.1 Å². The van der Waals surface area contributed by atoms with E-state index < -0.39 is 5.60 Å². The van der Waals surface area contributed by atoms with Crippen LogP contribution in [0.3, 0.4) is 0 Å². The van der Waals surface area contributed by atoms with E-state index in [0.717, 1.165) is 35.7 Å². The monoisotopic (exact) mass is 397 g/mol. The maximum absolute atomic E-state index is 12.0. The summed E-state index contributed by atoms with van der Waals surface area (Å²) in [5, 5.41) is 0. The largest absolute Gasteiger partial charge is 0.460 e. The van der Waals surface area contributed by atoms with Gasteiger partial charge in [-0.15, -0.1) is 0 Å². The number of rotatable bonds is 6. The highest BCUT2D eigenvalue weighted by atomic mass is 16.6.